The fourth-order valence-corrected chi connectivity index (χ4v) is 4.57. The van der Waals surface area contributed by atoms with Crippen molar-refractivity contribution in [2.45, 2.75) is 38.8 Å². The monoisotopic (exact) mass is 311 g/mol. The van der Waals surface area contributed by atoms with E-state index in [-0.39, 0.29) is 23.7 Å². The number of nitrogens with one attached hydrogen (secondary N) is 1. The topological polar surface area (TPSA) is 55.4 Å². The van der Waals surface area contributed by atoms with Crippen LogP contribution in [0, 0.1) is 6.92 Å². The lowest BCUT2D eigenvalue weighted by atomic mass is 10.1. The Morgan fingerprint density at radius 3 is 2.86 bits per heavy atom. The van der Waals surface area contributed by atoms with Gasteiger partial charge in [0.2, 0.25) is 0 Å². The zero-order valence-corrected chi connectivity index (χ0v) is 13.7. The number of hydrogen-bond donors (Lipinski definition) is 1. The third kappa shape index (κ3) is 5.09. The van der Waals surface area contributed by atoms with Crippen LogP contribution in [0.3, 0.4) is 0 Å². The van der Waals surface area contributed by atoms with E-state index in [1.807, 2.05) is 32.0 Å². The van der Waals surface area contributed by atoms with Gasteiger partial charge in [0.25, 0.3) is 0 Å². The molecule has 5 heteroatoms. The van der Waals surface area contributed by atoms with Crippen LogP contribution in [0.2, 0.25) is 0 Å². The number of aryl methyl sites for hydroxylation is 1. The minimum Gasteiger partial charge on any atom is -0.377 e. The van der Waals surface area contributed by atoms with Gasteiger partial charge in [-0.15, -0.1) is 0 Å². The Hall–Kier alpha value is -0.910. The highest BCUT2D eigenvalue weighted by Gasteiger charge is 2.26. The van der Waals surface area contributed by atoms with Crippen molar-refractivity contribution in [3.63, 3.8) is 0 Å². The standard InChI is InChI=1S/C16H25NO3S/c1-3-17-16(14-7-4-6-13(2)10-14)12-21(18,19)11-15-8-5-9-20-15/h4,6-7,10,15-17H,3,5,8-9,11-12H2,1-2H3. The summed E-state index contributed by atoms with van der Waals surface area (Å²) in [6, 6.07) is 7.88. The van der Waals surface area contributed by atoms with Gasteiger partial charge < -0.3 is 10.1 Å². The van der Waals surface area contributed by atoms with E-state index in [0.717, 1.165) is 30.5 Å². The molecule has 0 amide bonds. The predicted molar refractivity (Wildman–Crippen MR) is 85.2 cm³/mol. The largest absolute Gasteiger partial charge is 0.377 e. The van der Waals surface area contributed by atoms with Crippen molar-refractivity contribution in [1.29, 1.82) is 0 Å². The zero-order valence-electron chi connectivity index (χ0n) is 12.8. The summed E-state index contributed by atoms with van der Waals surface area (Å²) in [5, 5.41) is 3.29. The van der Waals surface area contributed by atoms with Crippen molar-refractivity contribution < 1.29 is 13.2 Å². The first-order valence-electron chi connectivity index (χ1n) is 7.62. The molecule has 4 nitrogen and oxygen atoms in total. The fourth-order valence-electron chi connectivity index (χ4n) is 2.79. The highest BCUT2D eigenvalue weighted by molar-refractivity contribution is 7.91. The Kier molecular flexibility index (Phi) is 5.79. The van der Waals surface area contributed by atoms with Crippen LogP contribution in [0.25, 0.3) is 0 Å². The average Bonchev–Trinajstić information content (AvgIpc) is 2.90. The molecule has 1 aromatic carbocycles. The maximum absolute atomic E-state index is 12.4. The molecule has 118 valence electrons. The Labute approximate surface area is 127 Å². The zero-order chi connectivity index (χ0) is 15.3. The predicted octanol–water partition coefficient (Wildman–Crippen LogP) is 2.24. The second-order valence-electron chi connectivity index (χ2n) is 5.74. The molecule has 21 heavy (non-hydrogen) atoms. The van der Waals surface area contributed by atoms with Crippen LogP contribution in [0.1, 0.15) is 36.9 Å². The quantitative estimate of drug-likeness (QED) is 0.839. The lowest BCUT2D eigenvalue weighted by Gasteiger charge is -2.20. The van der Waals surface area contributed by atoms with Gasteiger partial charge in [0.15, 0.2) is 9.84 Å². The summed E-state index contributed by atoms with van der Waals surface area (Å²) in [5.41, 5.74) is 2.18. The SMILES string of the molecule is CCNC(CS(=O)(=O)CC1CCCO1)c1cccc(C)c1. The van der Waals surface area contributed by atoms with Crippen molar-refractivity contribution in [3.8, 4) is 0 Å². The van der Waals surface area contributed by atoms with Gasteiger partial charge in [-0.2, -0.15) is 0 Å². The molecule has 0 aliphatic carbocycles. The summed E-state index contributed by atoms with van der Waals surface area (Å²) >= 11 is 0. The minimum absolute atomic E-state index is 0.116. The molecule has 1 aromatic rings. The molecule has 2 atom stereocenters. The fraction of sp³-hybridized carbons (Fsp3) is 0.625. The molecule has 1 aliphatic heterocycles. The molecule has 0 saturated carbocycles. The van der Waals surface area contributed by atoms with Gasteiger partial charge in [-0.1, -0.05) is 36.8 Å². The van der Waals surface area contributed by atoms with E-state index in [0.29, 0.717) is 6.61 Å². The first kappa shape index (κ1) is 16.5. The van der Waals surface area contributed by atoms with Gasteiger partial charge in [-0.05, 0) is 31.9 Å². The van der Waals surface area contributed by atoms with Crippen LogP contribution in [0.15, 0.2) is 24.3 Å². The second kappa shape index (κ2) is 7.38. The highest BCUT2D eigenvalue weighted by Crippen LogP contribution is 2.20. The molecule has 0 radical (unpaired) electrons. The Morgan fingerprint density at radius 2 is 2.24 bits per heavy atom. The summed E-state index contributed by atoms with van der Waals surface area (Å²) in [6.45, 7) is 5.45. The number of sulfone groups is 1. The van der Waals surface area contributed by atoms with E-state index in [1.54, 1.807) is 0 Å². The van der Waals surface area contributed by atoms with Crippen molar-refractivity contribution in [2.75, 3.05) is 24.7 Å². The first-order valence-corrected chi connectivity index (χ1v) is 9.44. The van der Waals surface area contributed by atoms with Crippen molar-refractivity contribution in [1.82, 2.24) is 5.32 Å². The van der Waals surface area contributed by atoms with Crippen LogP contribution < -0.4 is 5.32 Å². The van der Waals surface area contributed by atoms with Gasteiger partial charge in [0.1, 0.15) is 0 Å². The lowest BCUT2D eigenvalue weighted by Crippen LogP contribution is -2.31. The summed E-state index contributed by atoms with van der Waals surface area (Å²) in [7, 11) is -3.13. The summed E-state index contributed by atoms with van der Waals surface area (Å²) in [5.74, 6) is 0.269. The van der Waals surface area contributed by atoms with Crippen LogP contribution in [-0.2, 0) is 14.6 Å². The first-order chi connectivity index (χ1) is 10.00. The molecule has 0 bridgehead atoms. The molecule has 0 spiro atoms. The lowest BCUT2D eigenvalue weighted by molar-refractivity contribution is 0.127. The van der Waals surface area contributed by atoms with Gasteiger partial charge >= 0.3 is 0 Å². The molecule has 1 heterocycles. The van der Waals surface area contributed by atoms with E-state index >= 15 is 0 Å². The van der Waals surface area contributed by atoms with E-state index < -0.39 is 9.84 Å². The van der Waals surface area contributed by atoms with Crippen LogP contribution in [-0.4, -0.2) is 39.2 Å². The maximum Gasteiger partial charge on any atom is 0.154 e. The Bertz CT molecular complexity index is 550. The van der Waals surface area contributed by atoms with E-state index in [1.165, 1.54) is 0 Å². The van der Waals surface area contributed by atoms with Crippen LogP contribution >= 0.6 is 0 Å². The van der Waals surface area contributed by atoms with Crippen molar-refractivity contribution in [2.24, 2.45) is 0 Å². The Morgan fingerprint density at radius 1 is 1.43 bits per heavy atom. The summed E-state index contributed by atoms with van der Waals surface area (Å²) < 4.78 is 30.3. The van der Waals surface area contributed by atoms with E-state index in [9.17, 15) is 8.42 Å². The van der Waals surface area contributed by atoms with Crippen LogP contribution in [0.5, 0.6) is 0 Å². The molecule has 1 aliphatic rings. The number of hydrogen-bond acceptors (Lipinski definition) is 4. The van der Waals surface area contributed by atoms with Gasteiger partial charge in [0, 0.05) is 12.6 Å². The Balaban J connectivity index is 2.07. The second-order valence-corrected chi connectivity index (χ2v) is 7.89. The van der Waals surface area contributed by atoms with E-state index in [2.05, 4.69) is 11.4 Å². The van der Waals surface area contributed by atoms with Gasteiger partial charge in [0.05, 0.1) is 17.6 Å². The van der Waals surface area contributed by atoms with Gasteiger partial charge in [-0.25, -0.2) is 8.42 Å². The third-order valence-corrected chi connectivity index (χ3v) is 5.50. The number of rotatable bonds is 7. The summed E-state index contributed by atoms with van der Waals surface area (Å²) in [6.07, 6.45) is 1.71. The molecule has 1 fully saturated rings. The van der Waals surface area contributed by atoms with Crippen molar-refractivity contribution >= 4 is 9.84 Å². The molecule has 2 rings (SSSR count). The third-order valence-electron chi connectivity index (χ3n) is 3.78. The molecular formula is C16H25NO3S. The van der Waals surface area contributed by atoms with Crippen molar-refractivity contribution in [3.05, 3.63) is 35.4 Å². The number of ether oxygens (including phenoxy) is 1. The van der Waals surface area contributed by atoms with Gasteiger partial charge in [-0.3, -0.25) is 0 Å². The molecule has 0 aromatic heterocycles. The highest BCUT2D eigenvalue weighted by atomic mass is 32.2. The molecule has 1 saturated heterocycles. The van der Waals surface area contributed by atoms with E-state index in [4.69, 9.17) is 4.74 Å². The summed E-state index contributed by atoms with van der Waals surface area (Å²) in [4.78, 5) is 0. The average molecular weight is 311 g/mol. The van der Waals surface area contributed by atoms with Crippen LogP contribution in [0.4, 0.5) is 0 Å². The molecule has 1 N–H and O–H groups in total. The molecular weight excluding hydrogens is 286 g/mol. The molecule has 2 unspecified atom stereocenters. The number of benzene rings is 1. The maximum atomic E-state index is 12.4. The normalized spacial score (nSPS) is 20.6. The minimum atomic E-state index is -3.13. The smallest absolute Gasteiger partial charge is 0.154 e.